The van der Waals surface area contributed by atoms with Crippen LogP contribution in [0.5, 0.6) is 0 Å². The molecule has 28 heavy (non-hydrogen) atoms. The van der Waals surface area contributed by atoms with E-state index < -0.39 is 11.7 Å². The van der Waals surface area contributed by atoms with Crippen LogP contribution in [-0.2, 0) is 4.79 Å². The Morgan fingerprint density at radius 2 is 1.71 bits per heavy atom. The van der Waals surface area contributed by atoms with Gasteiger partial charge in [-0.15, -0.1) is 11.3 Å². The maximum absolute atomic E-state index is 13.6. The van der Waals surface area contributed by atoms with Crippen molar-refractivity contribution < 1.29 is 18.8 Å². The molecule has 6 nitrogen and oxygen atoms in total. The summed E-state index contributed by atoms with van der Waals surface area (Å²) in [4.78, 5) is 36.7. The lowest BCUT2D eigenvalue weighted by molar-refractivity contribution is -0.127. The van der Waals surface area contributed by atoms with Gasteiger partial charge in [0.1, 0.15) is 5.82 Å². The van der Waals surface area contributed by atoms with Gasteiger partial charge < -0.3 is 5.32 Å². The number of benzene rings is 1. The number of halogens is 1. The zero-order chi connectivity index (χ0) is 19.9. The van der Waals surface area contributed by atoms with E-state index in [2.05, 4.69) is 16.2 Å². The summed E-state index contributed by atoms with van der Waals surface area (Å²) in [6.45, 7) is 0.455. The smallest absolute Gasteiger partial charge is 0.279 e. The Hall–Kier alpha value is -2.74. The Kier molecular flexibility index (Phi) is 6.76. The van der Waals surface area contributed by atoms with Crippen LogP contribution in [0.2, 0.25) is 0 Å². The molecule has 3 N–H and O–H groups in total. The minimum Gasteiger partial charge on any atom is -0.352 e. The highest BCUT2D eigenvalue weighted by Gasteiger charge is 2.27. The van der Waals surface area contributed by atoms with E-state index in [1.165, 1.54) is 23.5 Å². The van der Waals surface area contributed by atoms with Crippen LogP contribution in [0.15, 0.2) is 41.8 Å². The van der Waals surface area contributed by atoms with E-state index in [4.69, 9.17) is 0 Å². The molecule has 148 valence electrons. The third-order valence-electron chi connectivity index (χ3n) is 4.93. The SMILES string of the molecule is O=C(NNC(=O)C1CCC(CNC(=O)c2ccccc2F)CC1)c1cccs1. The fraction of sp³-hybridized carbons (Fsp3) is 0.350. The molecular weight excluding hydrogens is 381 g/mol. The summed E-state index contributed by atoms with van der Waals surface area (Å²) in [6.07, 6.45) is 2.94. The van der Waals surface area contributed by atoms with E-state index >= 15 is 0 Å². The quantitative estimate of drug-likeness (QED) is 0.671. The monoisotopic (exact) mass is 403 g/mol. The first-order valence-electron chi connectivity index (χ1n) is 9.21. The van der Waals surface area contributed by atoms with Gasteiger partial charge in [-0.3, -0.25) is 25.2 Å². The third kappa shape index (κ3) is 5.16. The minimum absolute atomic E-state index is 0.0389. The van der Waals surface area contributed by atoms with Crippen molar-refractivity contribution in [3.8, 4) is 0 Å². The lowest BCUT2D eigenvalue weighted by Crippen LogP contribution is -2.45. The lowest BCUT2D eigenvalue weighted by atomic mass is 9.81. The first-order valence-corrected chi connectivity index (χ1v) is 10.1. The number of hydrogen-bond donors (Lipinski definition) is 3. The number of hydrazine groups is 1. The number of amides is 3. The molecule has 1 saturated carbocycles. The van der Waals surface area contributed by atoms with E-state index in [0.29, 0.717) is 24.3 Å². The third-order valence-corrected chi connectivity index (χ3v) is 5.80. The second-order valence-electron chi connectivity index (χ2n) is 6.83. The Balaban J connectivity index is 1.38. The molecule has 1 aromatic heterocycles. The molecule has 1 fully saturated rings. The first kappa shape index (κ1) is 20.0. The molecule has 0 atom stereocenters. The van der Waals surface area contributed by atoms with E-state index in [1.54, 1.807) is 29.6 Å². The molecule has 0 radical (unpaired) electrons. The van der Waals surface area contributed by atoms with Crippen LogP contribution in [0.25, 0.3) is 0 Å². The normalized spacial score (nSPS) is 18.9. The highest BCUT2D eigenvalue weighted by molar-refractivity contribution is 7.12. The van der Waals surface area contributed by atoms with Gasteiger partial charge in [0.15, 0.2) is 0 Å². The molecule has 0 saturated heterocycles. The van der Waals surface area contributed by atoms with Gasteiger partial charge in [-0.2, -0.15) is 0 Å². The zero-order valence-corrected chi connectivity index (χ0v) is 16.1. The molecule has 0 aliphatic heterocycles. The van der Waals surface area contributed by atoms with Crippen molar-refractivity contribution >= 4 is 29.1 Å². The molecule has 0 unspecified atom stereocenters. The van der Waals surface area contributed by atoms with E-state index in [-0.39, 0.29) is 29.2 Å². The number of rotatable bonds is 5. The van der Waals surface area contributed by atoms with Gasteiger partial charge in [-0.05, 0) is 55.2 Å². The van der Waals surface area contributed by atoms with Gasteiger partial charge in [0.2, 0.25) is 5.91 Å². The highest BCUT2D eigenvalue weighted by atomic mass is 32.1. The molecule has 1 aromatic carbocycles. The molecule has 0 spiro atoms. The maximum Gasteiger partial charge on any atom is 0.279 e. The molecule has 3 amide bonds. The van der Waals surface area contributed by atoms with Crippen LogP contribution < -0.4 is 16.2 Å². The van der Waals surface area contributed by atoms with Crippen LogP contribution in [0.3, 0.4) is 0 Å². The number of nitrogens with one attached hydrogen (secondary N) is 3. The average molecular weight is 403 g/mol. The predicted octanol–water partition coefficient (Wildman–Crippen LogP) is 2.88. The second-order valence-corrected chi connectivity index (χ2v) is 7.78. The number of hydrogen-bond acceptors (Lipinski definition) is 4. The van der Waals surface area contributed by atoms with Crippen molar-refractivity contribution in [1.82, 2.24) is 16.2 Å². The highest BCUT2D eigenvalue weighted by Crippen LogP contribution is 2.28. The van der Waals surface area contributed by atoms with Crippen molar-refractivity contribution in [2.45, 2.75) is 25.7 Å². The predicted molar refractivity (Wildman–Crippen MR) is 104 cm³/mol. The molecule has 2 aromatic rings. The number of carbonyl (C=O) groups excluding carboxylic acids is 3. The van der Waals surface area contributed by atoms with Crippen molar-refractivity contribution in [3.63, 3.8) is 0 Å². The molecule has 3 rings (SSSR count). The fourth-order valence-corrected chi connectivity index (χ4v) is 3.92. The molecule has 1 heterocycles. The Morgan fingerprint density at radius 3 is 2.39 bits per heavy atom. The molecule has 1 aliphatic rings. The van der Waals surface area contributed by atoms with Gasteiger partial charge in [-0.25, -0.2) is 4.39 Å². The van der Waals surface area contributed by atoms with E-state index in [1.807, 2.05) is 0 Å². The average Bonchev–Trinajstić information content (AvgIpc) is 3.26. The van der Waals surface area contributed by atoms with Crippen LogP contribution in [0.4, 0.5) is 4.39 Å². The van der Waals surface area contributed by atoms with Gasteiger partial charge in [0, 0.05) is 12.5 Å². The molecule has 1 aliphatic carbocycles. The van der Waals surface area contributed by atoms with Gasteiger partial charge in [0.05, 0.1) is 10.4 Å². The van der Waals surface area contributed by atoms with Crippen LogP contribution >= 0.6 is 11.3 Å². The second kappa shape index (κ2) is 9.45. The topological polar surface area (TPSA) is 87.3 Å². The van der Waals surface area contributed by atoms with E-state index in [0.717, 1.165) is 12.8 Å². The van der Waals surface area contributed by atoms with Crippen LogP contribution in [0.1, 0.15) is 45.7 Å². The van der Waals surface area contributed by atoms with Crippen LogP contribution in [0, 0.1) is 17.7 Å². The summed E-state index contributed by atoms with van der Waals surface area (Å²) in [7, 11) is 0. The van der Waals surface area contributed by atoms with Crippen molar-refractivity contribution in [1.29, 1.82) is 0 Å². The Bertz CT molecular complexity index is 833. The molecular formula is C20H22FN3O3S. The summed E-state index contributed by atoms with van der Waals surface area (Å²) >= 11 is 1.30. The Morgan fingerprint density at radius 1 is 0.964 bits per heavy atom. The summed E-state index contributed by atoms with van der Waals surface area (Å²) in [5.74, 6) is -1.39. The van der Waals surface area contributed by atoms with Crippen molar-refractivity contribution in [3.05, 3.63) is 58.0 Å². The van der Waals surface area contributed by atoms with Crippen molar-refractivity contribution in [2.75, 3.05) is 6.54 Å². The molecule has 0 bridgehead atoms. The summed E-state index contributed by atoms with van der Waals surface area (Å²) < 4.78 is 13.6. The molecule has 8 heteroatoms. The first-order chi connectivity index (χ1) is 13.5. The largest absolute Gasteiger partial charge is 0.352 e. The summed E-state index contributed by atoms with van der Waals surface area (Å²) in [5.41, 5.74) is 4.97. The van der Waals surface area contributed by atoms with Gasteiger partial charge in [-0.1, -0.05) is 18.2 Å². The summed E-state index contributed by atoms with van der Waals surface area (Å²) in [5, 5.41) is 4.57. The van der Waals surface area contributed by atoms with Crippen LogP contribution in [-0.4, -0.2) is 24.3 Å². The number of thiophene rings is 1. The van der Waals surface area contributed by atoms with Gasteiger partial charge >= 0.3 is 0 Å². The lowest BCUT2D eigenvalue weighted by Gasteiger charge is -2.27. The van der Waals surface area contributed by atoms with Gasteiger partial charge in [0.25, 0.3) is 11.8 Å². The standard InChI is InChI=1S/C20H22FN3O3S/c21-16-5-2-1-4-15(16)19(26)22-12-13-7-9-14(10-8-13)18(25)23-24-20(27)17-6-3-11-28-17/h1-6,11,13-14H,7-10,12H2,(H,22,26)(H,23,25)(H,24,27). The van der Waals surface area contributed by atoms with E-state index in [9.17, 15) is 18.8 Å². The fourth-order valence-electron chi connectivity index (χ4n) is 3.30. The zero-order valence-electron chi connectivity index (χ0n) is 15.2. The Labute approximate surface area is 166 Å². The number of carbonyl (C=O) groups is 3. The minimum atomic E-state index is -0.537. The maximum atomic E-state index is 13.6. The van der Waals surface area contributed by atoms with Crippen molar-refractivity contribution in [2.24, 2.45) is 11.8 Å². The summed E-state index contributed by atoms with van der Waals surface area (Å²) in [6, 6.07) is 9.34.